The van der Waals surface area contributed by atoms with Crippen LogP contribution in [0.4, 0.5) is 0 Å². The van der Waals surface area contributed by atoms with Crippen LogP contribution in [0.3, 0.4) is 0 Å². The SMILES string of the molecule is Cc1cc(OCCOCCN2CCCC(C)C2)cc(C(C)C)c1. The lowest BCUT2D eigenvalue weighted by molar-refractivity contribution is 0.0688. The molecule has 1 aliphatic rings. The number of hydrogen-bond acceptors (Lipinski definition) is 3. The molecule has 3 nitrogen and oxygen atoms in total. The fraction of sp³-hybridized carbons (Fsp3) is 0.700. The summed E-state index contributed by atoms with van der Waals surface area (Å²) in [6, 6.07) is 6.47. The van der Waals surface area contributed by atoms with Gasteiger partial charge in [-0.1, -0.05) is 26.8 Å². The van der Waals surface area contributed by atoms with Crippen LogP contribution >= 0.6 is 0 Å². The number of rotatable bonds is 8. The summed E-state index contributed by atoms with van der Waals surface area (Å²) in [6.07, 6.45) is 2.70. The summed E-state index contributed by atoms with van der Waals surface area (Å²) in [5.74, 6) is 2.33. The third kappa shape index (κ3) is 6.52. The first-order valence-corrected chi connectivity index (χ1v) is 9.09. The van der Waals surface area contributed by atoms with E-state index in [1.807, 2.05) is 0 Å². The van der Waals surface area contributed by atoms with Crippen molar-refractivity contribution in [1.29, 1.82) is 0 Å². The van der Waals surface area contributed by atoms with Crippen molar-refractivity contribution in [1.82, 2.24) is 4.90 Å². The van der Waals surface area contributed by atoms with Gasteiger partial charge in [-0.2, -0.15) is 0 Å². The zero-order valence-electron chi connectivity index (χ0n) is 15.3. The van der Waals surface area contributed by atoms with Crippen molar-refractivity contribution in [3.05, 3.63) is 29.3 Å². The second-order valence-corrected chi connectivity index (χ2v) is 7.24. The van der Waals surface area contributed by atoms with Crippen LogP contribution in [0, 0.1) is 12.8 Å². The molecule has 1 atom stereocenters. The molecule has 0 aromatic heterocycles. The van der Waals surface area contributed by atoms with E-state index in [2.05, 4.69) is 50.8 Å². The number of ether oxygens (including phenoxy) is 2. The van der Waals surface area contributed by atoms with E-state index in [4.69, 9.17) is 9.47 Å². The van der Waals surface area contributed by atoms with E-state index in [0.717, 1.165) is 24.8 Å². The highest BCUT2D eigenvalue weighted by Gasteiger charge is 2.15. The molecule has 0 radical (unpaired) electrons. The maximum Gasteiger partial charge on any atom is 0.119 e. The van der Waals surface area contributed by atoms with Crippen molar-refractivity contribution in [2.75, 3.05) is 39.5 Å². The minimum Gasteiger partial charge on any atom is -0.491 e. The molecule has 0 amide bonds. The van der Waals surface area contributed by atoms with Gasteiger partial charge in [-0.25, -0.2) is 0 Å². The van der Waals surface area contributed by atoms with Gasteiger partial charge in [-0.15, -0.1) is 0 Å². The monoisotopic (exact) mass is 319 g/mol. The molecule has 130 valence electrons. The zero-order valence-corrected chi connectivity index (χ0v) is 15.3. The van der Waals surface area contributed by atoms with E-state index in [0.29, 0.717) is 19.1 Å². The fourth-order valence-electron chi connectivity index (χ4n) is 3.20. The molecule has 3 heteroatoms. The molecule has 1 aromatic carbocycles. The summed E-state index contributed by atoms with van der Waals surface area (Å²) < 4.78 is 11.6. The molecule has 1 aliphatic heterocycles. The average Bonchev–Trinajstić information content (AvgIpc) is 2.50. The molecule has 1 aromatic rings. The predicted molar refractivity (Wildman–Crippen MR) is 96.4 cm³/mol. The van der Waals surface area contributed by atoms with Gasteiger partial charge in [-0.05, 0) is 61.4 Å². The first-order valence-electron chi connectivity index (χ1n) is 9.09. The van der Waals surface area contributed by atoms with Crippen LogP contribution in [0.25, 0.3) is 0 Å². The Kier molecular flexibility index (Phi) is 7.38. The molecule has 0 N–H and O–H groups in total. The summed E-state index contributed by atoms with van der Waals surface area (Å²) in [7, 11) is 0. The van der Waals surface area contributed by atoms with Gasteiger partial charge in [0.15, 0.2) is 0 Å². The van der Waals surface area contributed by atoms with Crippen LogP contribution in [0.15, 0.2) is 18.2 Å². The molecule has 1 fully saturated rings. The van der Waals surface area contributed by atoms with Gasteiger partial charge in [0.1, 0.15) is 12.4 Å². The van der Waals surface area contributed by atoms with Gasteiger partial charge in [-0.3, -0.25) is 0 Å². The molecule has 0 aliphatic carbocycles. The fourth-order valence-corrected chi connectivity index (χ4v) is 3.20. The molecular weight excluding hydrogens is 286 g/mol. The van der Waals surface area contributed by atoms with Crippen molar-refractivity contribution in [3.63, 3.8) is 0 Å². The topological polar surface area (TPSA) is 21.7 Å². The highest BCUT2D eigenvalue weighted by atomic mass is 16.5. The van der Waals surface area contributed by atoms with Crippen molar-refractivity contribution in [2.24, 2.45) is 5.92 Å². The van der Waals surface area contributed by atoms with Gasteiger partial charge >= 0.3 is 0 Å². The Morgan fingerprint density at radius 1 is 1.17 bits per heavy atom. The number of benzene rings is 1. The van der Waals surface area contributed by atoms with Gasteiger partial charge in [0.2, 0.25) is 0 Å². The maximum atomic E-state index is 5.85. The van der Waals surface area contributed by atoms with Gasteiger partial charge < -0.3 is 14.4 Å². The largest absolute Gasteiger partial charge is 0.491 e. The van der Waals surface area contributed by atoms with E-state index in [9.17, 15) is 0 Å². The third-order valence-corrected chi connectivity index (χ3v) is 4.53. The Morgan fingerprint density at radius 2 is 2.00 bits per heavy atom. The minimum absolute atomic E-state index is 0.528. The first-order chi connectivity index (χ1) is 11.0. The van der Waals surface area contributed by atoms with E-state index in [1.54, 1.807) is 0 Å². The van der Waals surface area contributed by atoms with Crippen molar-refractivity contribution in [3.8, 4) is 5.75 Å². The number of piperidine rings is 1. The number of nitrogens with zero attached hydrogens (tertiary/aromatic N) is 1. The van der Waals surface area contributed by atoms with Crippen LogP contribution < -0.4 is 4.74 Å². The van der Waals surface area contributed by atoms with Crippen molar-refractivity contribution in [2.45, 2.75) is 46.5 Å². The maximum absolute atomic E-state index is 5.85. The molecule has 0 bridgehead atoms. The minimum atomic E-state index is 0.528. The molecule has 1 unspecified atom stereocenters. The standard InChI is InChI=1S/C20H33NO2/c1-16(2)19-12-18(4)13-20(14-19)23-11-10-22-9-8-21-7-5-6-17(3)15-21/h12-14,16-17H,5-11,15H2,1-4H3. The second kappa shape index (κ2) is 9.29. The normalized spacial score (nSPS) is 19.3. The summed E-state index contributed by atoms with van der Waals surface area (Å²) in [6.45, 7) is 14.5. The summed E-state index contributed by atoms with van der Waals surface area (Å²) >= 11 is 0. The molecule has 23 heavy (non-hydrogen) atoms. The summed E-state index contributed by atoms with van der Waals surface area (Å²) in [5, 5.41) is 0. The lowest BCUT2D eigenvalue weighted by Crippen LogP contribution is -2.36. The third-order valence-electron chi connectivity index (χ3n) is 4.53. The Labute approximate surface area is 142 Å². The molecule has 0 spiro atoms. The number of likely N-dealkylation sites (tertiary alicyclic amines) is 1. The second-order valence-electron chi connectivity index (χ2n) is 7.24. The number of hydrogen-bond donors (Lipinski definition) is 0. The van der Waals surface area contributed by atoms with E-state index >= 15 is 0 Å². The molecular formula is C20H33NO2. The Hall–Kier alpha value is -1.06. The molecule has 2 rings (SSSR count). The quantitative estimate of drug-likeness (QED) is 0.669. The van der Waals surface area contributed by atoms with Gasteiger partial charge in [0.25, 0.3) is 0 Å². The van der Waals surface area contributed by atoms with Gasteiger partial charge in [0.05, 0.1) is 13.2 Å². The Bertz CT molecular complexity index is 473. The van der Waals surface area contributed by atoms with Crippen molar-refractivity contribution >= 4 is 0 Å². The van der Waals surface area contributed by atoms with Crippen LogP contribution in [0.1, 0.15) is 50.7 Å². The van der Waals surface area contributed by atoms with Crippen molar-refractivity contribution < 1.29 is 9.47 Å². The Morgan fingerprint density at radius 3 is 2.74 bits per heavy atom. The summed E-state index contributed by atoms with van der Waals surface area (Å²) in [5.41, 5.74) is 2.59. The molecule has 1 saturated heterocycles. The van der Waals surface area contributed by atoms with Crippen LogP contribution in [0.2, 0.25) is 0 Å². The predicted octanol–water partition coefficient (Wildman–Crippen LogP) is 4.25. The molecule has 1 heterocycles. The van der Waals surface area contributed by atoms with Crippen LogP contribution in [-0.4, -0.2) is 44.4 Å². The van der Waals surface area contributed by atoms with E-state index in [-0.39, 0.29) is 0 Å². The highest BCUT2D eigenvalue weighted by molar-refractivity contribution is 5.35. The lowest BCUT2D eigenvalue weighted by Gasteiger charge is -2.30. The average molecular weight is 319 g/mol. The van der Waals surface area contributed by atoms with Crippen LogP contribution in [-0.2, 0) is 4.74 Å². The summed E-state index contributed by atoms with van der Waals surface area (Å²) in [4.78, 5) is 2.52. The first kappa shape index (κ1) is 18.3. The lowest BCUT2D eigenvalue weighted by atomic mass is 10.0. The Balaban J connectivity index is 1.62. The smallest absolute Gasteiger partial charge is 0.119 e. The molecule has 0 saturated carbocycles. The highest BCUT2D eigenvalue weighted by Crippen LogP contribution is 2.22. The van der Waals surface area contributed by atoms with E-state index < -0.39 is 0 Å². The number of aryl methyl sites for hydroxylation is 1. The zero-order chi connectivity index (χ0) is 16.7. The van der Waals surface area contributed by atoms with E-state index in [1.165, 1.54) is 37.1 Å². The van der Waals surface area contributed by atoms with Gasteiger partial charge in [0, 0.05) is 13.1 Å². The van der Waals surface area contributed by atoms with Crippen LogP contribution in [0.5, 0.6) is 5.75 Å².